The van der Waals surface area contributed by atoms with E-state index in [-0.39, 0.29) is 5.82 Å². The lowest BCUT2D eigenvalue weighted by Crippen LogP contribution is -2.23. The first-order valence-electron chi connectivity index (χ1n) is 14.3. The smallest absolute Gasteiger partial charge is 0.140 e. The van der Waals surface area contributed by atoms with Gasteiger partial charge in [0.1, 0.15) is 11.6 Å². The molecule has 0 unspecified atom stereocenters. The molecule has 1 aromatic carbocycles. The van der Waals surface area contributed by atoms with Crippen LogP contribution in [0.25, 0.3) is 39.0 Å². The number of benzene rings is 1. The Bertz CT molecular complexity index is 1730. The molecule has 0 atom stereocenters. The van der Waals surface area contributed by atoms with Gasteiger partial charge in [-0.2, -0.15) is 0 Å². The van der Waals surface area contributed by atoms with Crippen molar-refractivity contribution >= 4 is 22.3 Å². The molecule has 2 aliphatic rings. The van der Waals surface area contributed by atoms with Crippen molar-refractivity contribution in [3.8, 4) is 22.4 Å². The highest BCUT2D eigenvalue weighted by Gasteiger charge is 2.23. The zero-order chi connectivity index (χ0) is 27.8. The predicted octanol–water partition coefficient (Wildman–Crippen LogP) is 6.38. The molecule has 1 aliphatic carbocycles. The molecule has 41 heavy (non-hydrogen) atoms. The van der Waals surface area contributed by atoms with Crippen molar-refractivity contribution in [3.05, 3.63) is 96.2 Å². The zero-order valence-corrected chi connectivity index (χ0v) is 23.1. The van der Waals surface area contributed by atoms with Crippen molar-refractivity contribution in [2.75, 3.05) is 25.0 Å². The van der Waals surface area contributed by atoms with E-state index < -0.39 is 0 Å². The molecule has 0 bridgehead atoms. The normalized spacial score (nSPS) is 15.4. The van der Waals surface area contributed by atoms with Gasteiger partial charge in [0.15, 0.2) is 0 Å². The molecule has 5 aromatic rings. The van der Waals surface area contributed by atoms with Gasteiger partial charge in [-0.25, -0.2) is 14.4 Å². The van der Waals surface area contributed by atoms with Crippen LogP contribution in [-0.4, -0.2) is 45.1 Å². The predicted molar refractivity (Wildman–Crippen MR) is 161 cm³/mol. The zero-order valence-electron chi connectivity index (χ0n) is 23.1. The Hall–Kier alpha value is -4.43. The molecular formula is C33H32FN7. The summed E-state index contributed by atoms with van der Waals surface area (Å²) in [7, 11) is 2.07. The Morgan fingerprint density at radius 1 is 0.951 bits per heavy atom. The second kappa shape index (κ2) is 10.9. The number of hydrogen-bond acceptors (Lipinski definition) is 6. The number of likely N-dealkylation sites (N-methyl/N-ethyl adjacent to an activating group) is 1. The van der Waals surface area contributed by atoms with Crippen molar-refractivity contribution in [2.24, 2.45) is 5.92 Å². The van der Waals surface area contributed by atoms with Crippen LogP contribution in [0.5, 0.6) is 0 Å². The van der Waals surface area contributed by atoms with Crippen LogP contribution >= 0.6 is 0 Å². The van der Waals surface area contributed by atoms with Crippen molar-refractivity contribution in [1.82, 2.24) is 30.2 Å². The summed E-state index contributed by atoms with van der Waals surface area (Å²) in [6.45, 7) is 2.62. The molecule has 1 aliphatic heterocycles. The molecule has 7 rings (SSSR count). The molecule has 5 heterocycles. The van der Waals surface area contributed by atoms with Gasteiger partial charge in [-0.05, 0) is 66.8 Å². The first kappa shape index (κ1) is 25.5. The van der Waals surface area contributed by atoms with Gasteiger partial charge in [0, 0.05) is 55.4 Å². The number of aromatic amines is 1. The number of pyridine rings is 3. The lowest BCUT2D eigenvalue weighted by atomic mass is 10.0. The maximum atomic E-state index is 13.6. The summed E-state index contributed by atoms with van der Waals surface area (Å²) in [5.41, 5.74) is 9.22. The first-order chi connectivity index (χ1) is 20.1. The minimum Gasteiger partial charge on any atom is -0.369 e. The number of aromatic nitrogens is 5. The number of fused-ring (bicyclic) bond motifs is 2. The van der Waals surface area contributed by atoms with E-state index in [4.69, 9.17) is 9.97 Å². The fraction of sp³-hybridized carbons (Fsp3) is 0.273. The molecule has 0 spiro atoms. The van der Waals surface area contributed by atoms with E-state index in [0.29, 0.717) is 0 Å². The molecule has 2 N–H and O–H groups in total. The average molecular weight is 546 g/mol. The van der Waals surface area contributed by atoms with Crippen LogP contribution in [0.1, 0.15) is 42.8 Å². The van der Waals surface area contributed by atoms with Crippen molar-refractivity contribution in [3.63, 3.8) is 0 Å². The maximum absolute atomic E-state index is 13.6. The molecule has 7 nitrogen and oxygen atoms in total. The van der Waals surface area contributed by atoms with E-state index in [1.807, 2.05) is 12.4 Å². The summed E-state index contributed by atoms with van der Waals surface area (Å²) in [4.78, 5) is 24.7. The van der Waals surface area contributed by atoms with Crippen LogP contribution < -0.4 is 10.2 Å². The van der Waals surface area contributed by atoms with Gasteiger partial charge in [-0.15, -0.1) is 0 Å². The first-order valence-corrected chi connectivity index (χ1v) is 14.3. The van der Waals surface area contributed by atoms with Gasteiger partial charge >= 0.3 is 0 Å². The number of nitrogens with one attached hydrogen (secondary N) is 2. The van der Waals surface area contributed by atoms with Gasteiger partial charge in [-0.3, -0.25) is 9.97 Å². The van der Waals surface area contributed by atoms with Crippen molar-refractivity contribution < 1.29 is 4.39 Å². The van der Waals surface area contributed by atoms with Crippen molar-refractivity contribution in [1.29, 1.82) is 0 Å². The number of anilines is 1. The fourth-order valence-electron chi connectivity index (χ4n) is 6.01. The molecule has 0 radical (unpaired) electrons. The highest BCUT2D eigenvalue weighted by atomic mass is 19.1. The molecule has 1 fully saturated rings. The van der Waals surface area contributed by atoms with Gasteiger partial charge in [0.25, 0.3) is 0 Å². The SMILES string of the molecule is CN1CC=C(c2nc3c(-c4ccc(F)cc4)cncc3[nH]2)c2nc(-c3cncc(CNCC4CCCC4)c3)ccc21. The second-order valence-electron chi connectivity index (χ2n) is 11.1. The number of H-pyrrole nitrogens is 1. The quantitative estimate of drug-likeness (QED) is 0.247. The minimum absolute atomic E-state index is 0.271. The summed E-state index contributed by atoms with van der Waals surface area (Å²) >= 11 is 0. The van der Waals surface area contributed by atoms with Crippen LogP contribution in [0.3, 0.4) is 0 Å². The van der Waals surface area contributed by atoms with E-state index >= 15 is 0 Å². The second-order valence-corrected chi connectivity index (χ2v) is 11.1. The lowest BCUT2D eigenvalue weighted by Gasteiger charge is -2.26. The number of rotatable bonds is 7. The molecule has 206 valence electrons. The molecular weight excluding hydrogens is 513 g/mol. The molecule has 0 amide bonds. The largest absolute Gasteiger partial charge is 0.369 e. The minimum atomic E-state index is -0.271. The maximum Gasteiger partial charge on any atom is 0.140 e. The Kier molecular flexibility index (Phi) is 6.76. The van der Waals surface area contributed by atoms with Gasteiger partial charge in [0.2, 0.25) is 0 Å². The highest BCUT2D eigenvalue weighted by molar-refractivity contribution is 5.94. The van der Waals surface area contributed by atoms with Crippen LogP contribution in [0.15, 0.2) is 73.3 Å². The van der Waals surface area contributed by atoms with E-state index in [9.17, 15) is 4.39 Å². The monoisotopic (exact) mass is 545 g/mol. The van der Waals surface area contributed by atoms with E-state index in [1.165, 1.54) is 37.8 Å². The van der Waals surface area contributed by atoms with Gasteiger partial charge < -0.3 is 15.2 Å². The molecule has 0 saturated heterocycles. The summed E-state index contributed by atoms with van der Waals surface area (Å²) in [6, 6.07) is 12.8. The number of nitrogens with zero attached hydrogens (tertiary/aromatic N) is 5. The third kappa shape index (κ3) is 5.11. The van der Waals surface area contributed by atoms with Crippen LogP contribution in [-0.2, 0) is 6.54 Å². The van der Waals surface area contributed by atoms with Gasteiger partial charge in [-0.1, -0.05) is 31.1 Å². The van der Waals surface area contributed by atoms with Crippen LogP contribution in [0.4, 0.5) is 10.1 Å². The molecule has 8 heteroatoms. The van der Waals surface area contributed by atoms with Crippen LogP contribution in [0.2, 0.25) is 0 Å². The number of hydrogen-bond donors (Lipinski definition) is 2. The van der Waals surface area contributed by atoms with Gasteiger partial charge in [0.05, 0.1) is 34.3 Å². The van der Waals surface area contributed by atoms with Crippen LogP contribution in [0, 0.1) is 11.7 Å². The summed E-state index contributed by atoms with van der Waals surface area (Å²) < 4.78 is 13.6. The topological polar surface area (TPSA) is 82.6 Å². The fourth-order valence-corrected chi connectivity index (χ4v) is 6.01. The standard InChI is InChI=1S/C33H32FN7/c1-41-13-12-26(33-39-29-20-37-19-27(31(29)40-33)23-6-8-25(34)9-7-23)32-30(41)11-10-28(38-32)24-14-22(17-36-18-24)16-35-15-21-4-2-3-5-21/h6-12,14,17-21,35H,2-5,13,15-16H2,1H3,(H,39,40). The third-order valence-corrected chi connectivity index (χ3v) is 8.24. The van der Waals surface area contributed by atoms with E-state index in [2.05, 4.69) is 56.5 Å². The Morgan fingerprint density at radius 3 is 2.63 bits per heavy atom. The van der Waals surface area contributed by atoms with Crippen molar-refractivity contribution in [2.45, 2.75) is 32.2 Å². The summed E-state index contributed by atoms with van der Waals surface area (Å²) in [6.07, 6.45) is 14.9. The third-order valence-electron chi connectivity index (χ3n) is 8.24. The average Bonchev–Trinajstić information content (AvgIpc) is 3.68. The Balaban J connectivity index is 1.20. The number of imidazole rings is 1. The Labute approximate surface area is 238 Å². The molecule has 1 saturated carbocycles. The van der Waals surface area contributed by atoms with E-state index in [0.717, 1.165) is 87.3 Å². The lowest BCUT2D eigenvalue weighted by molar-refractivity contribution is 0.489. The molecule has 4 aromatic heterocycles. The summed E-state index contributed by atoms with van der Waals surface area (Å²) in [5.74, 6) is 1.27. The summed E-state index contributed by atoms with van der Waals surface area (Å²) in [5, 5.41) is 3.63. The highest BCUT2D eigenvalue weighted by Crippen LogP contribution is 2.36. The van der Waals surface area contributed by atoms with E-state index in [1.54, 1.807) is 24.5 Å². The Morgan fingerprint density at radius 2 is 1.78 bits per heavy atom. The number of halogens is 1.